The molecule has 0 radical (unpaired) electrons. The molecule has 0 fully saturated rings. The number of carbonyl (C=O) groups is 1. The molecule has 1 N–H and O–H groups in total. The minimum absolute atomic E-state index is 0.000728. The molecular weight excluding hydrogens is 357 g/mol. The molecule has 0 unspecified atom stereocenters. The number of hydrogen-bond acceptors (Lipinski definition) is 3. The Labute approximate surface area is 151 Å². The lowest BCUT2D eigenvalue weighted by molar-refractivity contribution is 0.102. The summed E-state index contributed by atoms with van der Waals surface area (Å²) >= 11 is 0. The number of nitrogens with zero attached hydrogens (tertiary/aromatic N) is 3. The van der Waals surface area contributed by atoms with Gasteiger partial charge in [-0.2, -0.15) is 5.10 Å². The molecule has 0 aliphatic heterocycles. The van der Waals surface area contributed by atoms with Crippen molar-refractivity contribution in [2.75, 3.05) is 5.32 Å². The van der Waals surface area contributed by atoms with E-state index in [4.69, 9.17) is 0 Å². The predicted molar refractivity (Wildman–Crippen MR) is 92.7 cm³/mol. The van der Waals surface area contributed by atoms with Crippen LogP contribution in [0.5, 0.6) is 0 Å². The number of amides is 1. The Hall–Kier alpha value is -3.68. The SMILES string of the molecule is O=C(Nc1ccc(F)cc1F)c1cc2nccc(-c3ccc(F)cc3)n2n1. The summed E-state index contributed by atoms with van der Waals surface area (Å²) in [6.45, 7) is 0. The summed E-state index contributed by atoms with van der Waals surface area (Å²) in [6.07, 6.45) is 1.54. The molecule has 27 heavy (non-hydrogen) atoms. The van der Waals surface area contributed by atoms with E-state index < -0.39 is 17.5 Å². The van der Waals surface area contributed by atoms with E-state index in [1.807, 2.05) is 0 Å². The van der Waals surface area contributed by atoms with Gasteiger partial charge in [0.2, 0.25) is 0 Å². The molecule has 0 aliphatic rings. The number of aromatic nitrogens is 3. The first-order chi connectivity index (χ1) is 13.0. The number of anilines is 1. The van der Waals surface area contributed by atoms with Crippen molar-refractivity contribution in [2.45, 2.75) is 0 Å². The van der Waals surface area contributed by atoms with Crippen molar-refractivity contribution in [1.82, 2.24) is 14.6 Å². The van der Waals surface area contributed by atoms with Crippen LogP contribution in [0.2, 0.25) is 0 Å². The first-order valence-electron chi connectivity index (χ1n) is 7.88. The second-order valence-electron chi connectivity index (χ2n) is 5.71. The van der Waals surface area contributed by atoms with E-state index in [-0.39, 0.29) is 17.2 Å². The van der Waals surface area contributed by atoms with Gasteiger partial charge in [-0.15, -0.1) is 0 Å². The van der Waals surface area contributed by atoms with Gasteiger partial charge in [0.25, 0.3) is 5.91 Å². The lowest BCUT2D eigenvalue weighted by atomic mass is 10.1. The third-order valence-electron chi connectivity index (χ3n) is 3.91. The van der Waals surface area contributed by atoms with Crippen molar-refractivity contribution in [3.8, 4) is 11.3 Å². The second-order valence-corrected chi connectivity index (χ2v) is 5.71. The maximum atomic E-state index is 13.7. The van der Waals surface area contributed by atoms with Crippen LogP contribution in [-0.2, 0) is 0 Å². The van der Waals surface area contributed by atoms with E-state index in [2.05, 4.69) is 15.4 Å². The van der Waals surface area contributed by atoms with Crippen LogP contribution in [0, 0.1) is 17.5 Å². The van der Waals surface area contributed by atoms with E-state index in [0.29, 0.717) is 23.0 Å². The fourth-order valence-electron chi connectivity index (χ4n) is 2.62. The standard InChI is InChI=1S/C19H11F3N4O/c20-12-3-1-11(2-4-12)17-7-8-23-18-10-16(25-26(17)18)19(27)24-15-6-5-13(21)9-14(15)22/h1-10H,(H,24,27). The first kappa shape index (κ1) is 16.8. The Balaban J connectivity index is 1.70. The topological polar surface area (TPSA) is 59.3 Å². The van der Waals surface area contributed by atoms with Gasteiger partial charge in [-0.05, 0) is 42.5 Å². The second kappa shape index (κ2) is 6.56. The van der Waals surface area contributed by atoms with Crippen LogP contribution in [-0.4, -0.2) is 20.5 Å². The molecule has 1 amide bonds. The predicted octanol–water partition coefficient (Wildman–Crippen LogP) is 4.07. The summed E-state index contributed by atoms with van der Waals surface area (Å²) in [5.74, 6) is -2.68. The van der Waals surface area contributed by atoms with Crippen molar-refractivity contribution in [2.24, 2.45) is 0 Å². The monoisotopic (exact) mass is 368 g/mol. The van der Waals surface area contributed by atoms with Crippen LogP contribution in [0.3, 0.4) is 0 Å². The van der Waals surface area contributed by atoms with Gasteiger partial charge in [-0.1, -0.05) is 0 Å². The highest BCUT2D eigenvalue weighted by atomic mass is 19.1. The van der Waals surface area contributed by atoms with Gasteiger partial charge < -0.3 is 5.32 Å². The summed E-state index contributed by atoms with van der Waals surface area (Å²) in [5, 5.41) is 6.55. The van der Waals surface area contributed by atoms with Crippen LogP contribution in [0.15, 0.2) is 60.8 Å². The van der Waals surface area contributed by atoms with Crippen LogP contribution >= 0.6 is 0 Å². The molecular formula is C19H11F3N4O. The first-order valence-corrected chi connectivity index (χ1v) is 7.88. The summed E-state index contributed by atoms with van der Waals surface area (Å²) < 4.78 is 41.3. The van der Waals surface area contributed by atoms with Gasteiger partial charge in [-0.3, -0.25) is 4.79 Å². The number of rotatable bonds is 3. The van der Waals surface area contributed by atoms with E-state index in [0.717, 1.165) is 12.1 Å². The number of carbonyl (C=O) groups excluding carboxylic acids is 1. The van der Waals surface area contributed by atoms with Crippen molar-refractivity contribution in [1.29, 1.82) is 0 Å². The Kier molecular flexibility index (Phi) is 4.08. The zero-order valence-electron chi connectivity index (χ0n) is 13.7. The highest BCUT2D eigenvalue weighted by Gasteiger charge is 2.16. The number of halogens is 3. The zero-order valence-corrected chi connectivity index (χ0v) is 13.7. The molecule has 0 bridgehead atoms. The summed E-state index contributed by atoms with van der Waals surface area (Å²) in [5.41, 5.74) is 1.52. The molecule has 0 saturated carbocycles. The molecule has 4 aromatic rings. The number of nitrogens with one attached hydrogen (secondary N) is 1. The molecule has 2 heterocycles. The van der Waals surface area contributed by atoms with Crippen molar-refractivity contribution in [3.05, 3.63) is 83.9 Å². The Morgan fingerprint density at radius 2 is 1.67 bits per heavy atom. The molecule has 0 aliphatic carbocycles. The van der Waals surface area contributed by atoms with Gasteiger partial charge in [0.05, 0.1) is 11.4 Å². The maximum Gasteiger partial charge on any atom is 0.276 e. The van der Waals surface area contributed by atoms with E-state index in [9.17, 15) is 18.0 Å². The molecule has 2 aromatic carbocycles. The molecule has 4 rings (SSSR count). The zero-order chi connectivity index (χ0) is 19.0. The lowest BCUT2D eigenvalue weighted by Gasteiger charge is -2.05. The number of benzene rings is 2. The number of fused-ring (bicyclic) bond motifs is 1. The molecule has 134 valence electrons. The summed E-state index contributed by atoms with van der Waals surface area (Å²) in [7, 11) is 0. The maximum absolute atomic E-state index is 13.7. The largest absolute Gasteiger partial charge is 0.318 e. The summed E-state index contributed by atoms with van der Waals surface area (Å²) in [6, 6.07) is 11.7. The third kappa shape index (κ3) is 3.24. The molecule has 5 nitrogen and oxygen atoms in total. The molecule has 0 spiro atoms. The average Bonchev–Trinajstić information content (AvgIpc) is 3.09. The van der Waals surface area contributed by atoms with Crippen LogP contribution in [0.25, 0.3) is 16.9 Å². The Morgan fingerprint density at radius 3 is 2.41 bits per heavy atom. The third-order valence-corrected chi connectivity index (χ3v) is 3.91. The van der Waals surface area contributed by atoms with Gasteiger partial charge >= 0.3 is 0 Å². The highest BCUT2D eigenvalue weighted by molar-refractivity contribution is 6.03. The molecule has 8 heteroatoms. The molecule has 0 saturated heterocycles. The van der Waals surface area contributed by atoms with E-state index in [1.54, 1.807) is 18.2 Å². The average molecular weight is 368 g/mol. The summed E-state index contributed by atoms with van der Waals surface area (Å²) in [4.78, 5) is 16.5. The van der Waals surface area contributed by atoms with Gasteiger partial charge in [0.15, 0.2) is 11.3 Å². The quantitative estimate of drug-likeness (QED) is 0.593. The van der Waals surface area contributed by atoms with Gasteiger partial charge in [-0.25, -0.2) is 22.7 Å². The minimum Gasteiger partial charge on any atom is -0.318 e. The fourth-order valence-corrected chi connectivity index (χ4v) is 2.62. The Bertz CT molecular complexity index is 1160. The Morgan fingerprint density at radius 1 is 0.926 bits per heavy atom. The van der Waals surface area contributed by atoms with Crippen molar-refractivity contribution < 1.29 is 18.0 Å². The van der Waals surface area contributed by atoms with E-state index >= 15 is 0 Å². The fraction of sp³-hybridized carbons (Fsp3) is 0. The number of hydrogen-bond donors (Lipinski definition) is 1. The lowest BCUT2D eigenvalue weighted by Crippen LogP contribution is -2.14. The van der Waals surface area contributed by atoms with Crippen LogP contribution < -0.4 is 5.32 Å². The van der Waals surface area contributed by atoms with Crippen molar-refractivity contribution >= 4 is 17.2 Å². The van der Waals surface area contributed by atoms with Crippen LogP contribution in [0.1, 0.15) is 10.5 Å². The molecule has 0 atom stereocenters. The van der Waals surface area contributed by atoms with Crippen LogP contribution in [0.4, 0.5) is 18.9 Å². The van der Waals surface area contributed by atoms with Gasteiger partial charge in [0.1, 0.15) is 17.5 Å². The van der Waals surface area contributed by atoms with E-state index in [1.165, 1.54) is 28.9 Å². The smallest absolute Gasteiger partial charge is 0.276 e. The normalized spacial score (nSPS) is 10.9. The van der Waals surface area contributed by atoms with Gasteiger partial charge in [0, 0.05) is 23.9 Å². The minimum atomic E-state index is -0.891. The van der Waals surface area contributed by atoms with Crippen molar-refractivity contribution in [3.63, 3.8) is 0 Å². The highest BCUT2D eigenvalue weighted by Crippen LogP contribution is 2.21. The molecule has 2 aromatic heterocycles.